The Morgan fingerprint density at radius 2 is 2.50 bits per heavy atom. The van der Waals surface area contributed by atoms with Crippen LogP contribution in [0.4, 0.5) is 0 Å². The Morgan fingerprint density at radius 1 is 1.83 bits per heavy atom. The zero-order valence-corrected chi connectivity index (χ0v) is 7.28. The molecule has 1 unspecified atom stereocenters. The van der Waals surface area contributed by atoms with Crippen LogP contribution in [-0.2, 0) is 13.5 Å². The topological polar surface area (TPSA) is 67.6 Å². The molecule has 0 spiro atoms. The summed E-state index contributed by atoms with van der Waals surface area (Å²) in [6.45, 7) is 2.00. The fourth-order valence-corrected chi connectivity index (χ4v) is 1.16. The third kappa shape index (κ3) is 1.46. The summed E-state index contributed by atoms with van der Waals surface area (Å²) in [5, 5.41) is 12.8. The second-order valence-electron chi connectivity index (χ2n) is 2.67. The van der Waals surface area contributed by atoms with E-state index in [1.807, 2.05) is 20.0 Å². The molecule has 1 heterocycles. The molecule has 0 aliphatic carbocycles. The SMILES string of the molecule is CCc1nn(C)cc1C(N)C#N. The highest BCUT2D eigenvalue weighted by Crippen LogP contribution is 2.13. The summed E-state index contributed by atoms with van der Waals surface area (Å²) >= 11 is 0. The summed E-state index contributed by atoms with van der Waals surface area (Å²) in [7, 11) is 1.83. The summed E-state index contributed by atoms with van der Waals surface area (Å²) < 4.78 is 1.69. The monoisotopic (exact) mass is 164 g/mol. The molecular formula is C8H12N4. The lowest BCUT2D eigenvalue weighted by atomic mass is 10.1. The lowest BCUT2D eigenvalue weighted by molar-refractivity contribution is 0.746. The summed E-state index contributed by atoms with van der Waals surface area (Å²) in [5.74, 6) is 0. The maximum atomic E-state index is 8.61. The number of aromatic nitrogens is 2. The van der Waals surface area contributed by atoms with Crippen LogP contribution in [0.15, 0.2) is 6.20 Å². The van der Waals surface area contributed by atoms with Crippen molar-refractivity contribution in [2.24, 2.45) is 12.8 Å². The van der Waals surface area contributed by atoms with Crippen LogP contribution in [0, 0.1) is 11.3 Å². The average molecular weight is 164 g/mol. The zero-order valence-electron chi connectivity index (χ0n) is 7.28. The van der Waals surface area contributed by atoms with Gasteiger partial charge >= 0.3 is 0 Å². The van der Waals surface area contributed by atoms with Gasteiger partial charge in [0.2, 0.25) is 0 Å². The van der Waals surface area contributed by atoms with Crippen LogP contribution in [0.2, 0.25) is 0 Å². The van der Waals surface area contributed by atoms with Crippen molar-refractivity contribution in [1.82, 2.24) is 9.78 Å². The molecule has 1 rings (SSSR count). The van der Waals surface area contributed by atoms with Gasteiger partial charge in [-0.15, -0.1) is 0 Å². The van der Waals surface area contributed by atoms with Gasteiger partial charge in [-0.1, -0.05) is 6.92 Å². The van der Waals surface area contributed by atoms with Gasteiger partial charge in [0.05, 0.1) is 11.8 Å². The van der Waals surface area contributed by atoms with E-state index >= 15 is 0 Å². The molecule has 0 saturated carbocycles. The van der Waals surface area contributed by atoms with Crippen molar-refractivity contribution in [3.05, 3.63) is 17.5 Å². The minimum atomic E-state index is -0.548. The van der Waals surface area contributed by atoms with Crippen LogP contribution in [-0.4, -0.2) is 9.78 Å². The van der Waals surface area contributed by atoms with Crippen LogP contribution in [0.5, 0.6) is 0 Å². The second-order valence-corrected chi connectivity index (χ2v) is 2.67. The maximum absolute atomic E-state index is 8.61. The standard InChI is InChI=1S/C8H12N4/c1-3-8-6(7(10)4-9)5-12(2)11-8/h5,7H,3,10H2,1-2H3. The highest BCUT2D eigenvalue weighted by Gasteiger charge is 2.12. The number of nitriles is 1. The predicted octanol–water partition coefficient (Wildman–Crippen LogP) is 0.506. The normalized spacial score (nSPS) is 12.5. The van der Waals surface area contributed by atoms with Gasteiger partial charge < -0.3 is 5.73 Å². The molecule has 0 aliphatic heterocycles. The van der Waals surface area contributed by atoms with E-state index in [2.05, 4.69) is 5.10 Å². The second kappa shape index (κ2) is 3.37. The molecule has 1 atom stereocenters. The quantitative estimate of drug-likeness (QED) is 0.692. The van der Waals surface area contributed by atoms with Gasteiger partial charge in [0.15, 0.2) is 0 Å². The van der Waals surface area contributed by atoms with Crippen LogP contribution >= 0.6 is 0 Å². The van der Waals surface area contributed by atoms with Gasteiger partial charge in [0.1, 0.15) is 6.04 Å². The molecule has 0 radical (unpaired) electrons. The van der Waals surface area contributed by atoms with Crippen LogP contribution in [0.1, 0.15) is 24.2 Å². The molecule has 0 aliphatic rings. The smallest absolute Gasteiger partial charge is 0.122 e. The highest BCUT2D eigenvalue weighted by molar-refractivity contribution is 5.25. The van der Waals surface area contributed by atoms with E-state index in [0.29, 0.717) is 0 Å². The Bertz CT molecular complexity index is 307. The Labute approximate surface area is 71.6 Å². The third-order valence-electron chi connectivity index (χ3n) is 1.75. The number of nitrogens with two attached hydrogens (primary N) is 1. The minimum absolute atomic E-state index is 0.548. The fourth-order valence-electron chi connectivity index (χ4n) is 1.16. The van der Waals surface area contributed by atoms with E-state index in [-0.39, 0.29) is 0 Å². The predicted molar refractivity (Wildman–Crippen MR) is 45.1 cm³/mol. The molecule has 0 aromatic carbocycles. The van der Waals surface area contributed by atoms with Crippen LogP contribution in [0.25, 0.3) is 0 Å². The summed E-state index contributed by atoms with van der Waals surface area (Å²) in [4.78, 5) is 0. The van der Waals surface area contributed by atoms with E-state index in [9.17, 15) is 0 Å². The summed E-state index contributed by atoms with van der Waals surface area (Å²) in [5.41, 5.74) is 7.31. The van der Waals surface area contributed by atoms with E-state index in [1.54, 1.807) is 10.9 Å². The first-order chi connectivity index (χ1) is 5.69. The van der Waals surface area contributed by atoms with Gasteiger partial charge in [-0.3, -0.25) is 4.68 Å². The van der Waals surface area contributed by atoms with Crippen molar-refractivity contribution in [2.75, 3.05) is 0 Å². The minimum Gasteiger partial charge on any atom is -0.312 e. The molecule has 0 fully saturated rings. The van der Waals surface area contributed by atoms with Crippen LogP contribution in [0.3, 0.4) is 0 Å². The number of aryl methyl sites for hydroxylation is 2. The van der Waals surface area contributed by atoms with Crippen molar-refractivity contribution in [1.29, 1.82) is 5.26 Å². The van der Waals surface area contributed by atoms with Gasteiger partial charge in [0.25, 0.3) is 0 Å². The number of nitrogens with zero attached hydrogens (tertiary/aromatic N) is 3. The van der Waals surface area contributed by atoms with Crippen molar-refractivity contribution < 1.29 is 0 Å². The van der Waals surface area contributed by atoms with Gasteiger partial charge in [-0.05, 0) is 6.42 Å². The van der Waals surface area contributed by atoms with Gasteiger partial charge in [-0.25, -0.2) is 0 Å². The molecule has 0 amide bonds. The number of hydrogen-bond acceptors (Lipinski definition) is 3. The molecule has 0 bridgehead atoms. The Hall–Kier alpha value is -1.34. The van der Waals surface area contributed by atoms with E-state index in [1.165, 1.54) is 0 Å². The summed E-state index contributed by atoms with van der Waals surface area (Å²) in [6.07, 6.45) is 2.61. The van der Waals surface area contributed by atoms with Crippen molar-refractivity contribution >= 4 is 0 Å². The number of hydrogen-bond donors (Lipinski definition) is 1. The van der Waals surface area contributed by atoms with Gasteiger partial charge in [-0.2, -0.15) is 10.4 Å². The van der Waals surface area contributed by atoms with Crippen molar-refractivity contribution in [3.8, 4) is 6.07 Å². The first kappa shape index (κ1) is 8.75. The molecule has 1 aromatic rings. The molecule has 0 saturated heterocycles. The van der Waals surface area contributed by atoms with Crippen molar-refractivity contribution in [3.63, 3.8) is 0 Å². The van der Waals surface area contributed by atoms with Crippen LogP contribution < -0.4 is 5.73 Å². The molecule has 4 nitrogen and oxygen atoms in total. The Morgan fingerprint density at radius 3 is 3.00 bits per heavy atom. The molecular weight excluding hydrogens is 152 g/mol. The largest absolute Gasteiger partial charge is 0.312 e. The first-order valence-electron chi connectivity index (χ1n) is 3.86. The summed E-state index contributed by atoms with van der Waals surface area (Å²) in [6, 6.07) is 1.45. The fraction of sp³-hybridized carbons (Fsp3) is 0.500. The van der Waals surface area contributed by atoms with Crippen molar-refractivity contribution in [2.45, 2.75) is 19.4 Å². The number of rotatable bonds is 2. The lowest BCUT2D eigenvalue weighted by Crippen LogP contribution is -2.08. The van der Waals surface area contributed by atoms with Gasteiger partial charge in [0, 0.05) is 18.8 Å². The molecule has 2 N–H and O–H groups in total. The Balaban J connectivity index is 3.06. The third-order valence-corrected chi connectivity index (χ3v) is 1.75. The molecule has 1 aromatic heterocycles. The Kier molecular flexibility index (Phi) is 2.46. The molecule has 12 heavy (non-hydrogen) atoms. The lowest BCUT2D eigenvalue weighted by Gasteiger charge is -1.99. The maximum Gasteiger partial charge on any atom is 0.122 e. The zero-order chi connectivity index (χ0) is 9.14. The van der Waals surface area contributed by atoms with E-state index < -0.39 is 6.04 Å². The first-order valence-corrected chi connectivity index (χ1v) is 3.86. The average Bonchev–Trinajstić information content (AvgIpc) is 2.45. The highest BCUT2D eigenvalue weighted by atomic mass is 15.3. The molecule has 4 heteroatoms. The molecule has 64 valence electrons. The van der Waals surface area contributed by atoms with E-state index in [4.69, 9.17) is 11.0 Å². The van der Waals surface area contributed by atoms with E-state index in [0.717, 1.165) is 17.7 Å².